The summed E-state index contributed by atoms with van der Waals surface area (Å²) in [6.45, 7) is 5.29. The second-order valence-electron chi connectivity index (χ2n) is 8.69. The van der Waals surface area contributed by atoms with E-state index in [0.29, 0.717) is 18.1 Å². The Bertz CT molecular complexity index is 944. The van der Waals surface area contributed by atoms with Crippen molar-refractivity contribution in [1.82, 2.24) is 9.80 Å². The van der Waals surface area contributed by atoms with Crippen LogP contribution in [-0.2, 0) is 17.5 Å². The van der Waals surface area contributed by atoms with Gasteiger partial charge in [0.2, 0.25) is 0 Å². The zero-order chi connectivity index (χ0) is 26.2. The Morgan fingerprint density at radius 3 is 2.29 bits per heavy atom. The first-order valence-corrected chi connectivity index (χ1v) is 11.6. The largest absolute Gasteiger partial charge is 0.416 e. The summed E-state index contributed by atoms with van der Waals surface area (Å²) < 4.78 is 43.9. The Labute approximate surface area is 209 Å². The van der Waals surface area contributed by atoms with Crippen LogP contribution in [0.3, 0.4) is 0 Å². The number of nitrogens with zero attached hydrogens (tertiary/aromatic N) is 2. The van der Waals surface area contributed by atoms with Gasteiger partial charge in [0, 0.05) is 50.5 Å². The number of aliphatic hydroxyl groups is 1. The number of nitrogens with one attached hydrogen (secondary N) is 1. The lowest BCUT2D eigenvalue weighted by Gasteiger charge is -2.34. The normalized spacial score (nSPS) is 14.5. The molecular formula is C25H33ClF3N3O3. The van der Waals surface area contributed by atoms with Crippen molar-refractivity contribution in [2.24, 2.45) is 5.92 Å². The Morgan fingerprint density at radius 1 is 1.11 bits per heavy atom. The molecule has 35 heavy (non-hydrogen) atoms. The second kappa shape index (κ2) is 13.1. The van der Waals surface area contributed by atoms with E-state index in [9.17, 15) is 23.1 Å². The highest BCUT2D eigenvalue weighted by molar-refractivity contribution is 6.31. The van der Waals surface area contributed by atoms with Gasteiger partial charge in [-0.05, 0) is 48.7 Å². The number of aliphatic hydroxyl groups excluding tert-OH is 1. The van der Waals surface area contributed by atoms with Crippen LogP contribution in [0.1, 0.15) is 25.0 Å². The lowest BCUT2D eigenvalue weighted by Crippen LogP contribution is -2.45. The number of amides is 2. The Hall–Kier alpha value is -2.33. The summed E-state index contributed by atoms with van der Waals surface area (Å²) in [6.07, 6.45) is -4.76. The highest BCUT2D eigenvalue weighted by atomic mass is 35.5. The van der Waals surface area contributed by atoms with Crippen LogP contribution in [0.2, 0.25) is 5.02 Å². The van der Waals surface area contributed by atoms with Crippen LogP contribution in [0.4, 0.5) is 23.7 Å². The van der Waals surface area contributed by atoms with E-state index < -0.39 is 17.8 Å². The standard InChI is InChI=1S/C25H33ClF3N3O3/c1-17(13-32(18(2)16-33)14-19-7-5-6-8-22(19)26)23(35-4)15-31(3)24(34)30-21-11-9-20(10-12-21)25(27,28)29/h5-12,17-18,23,33H,13-16H2,1-4H3,(H,30,34)/t17-,18-,23-/m1/s1. The molecule has 0 radical (unpaired) electrons. The SMILES string of the molecule is CO[C@H](CN(C)C(=O)Nc1ccc(C(F)(F)F)cc1)[C@H](C)CN(Cc1ccccc1Cl)[C@H](C)CO. The predicted octanol–water partition coefficient (Wildman–Crippen LogP) is 5.36. The molecule has 2 aromatic carbocycles. The minimum Gasteiger partial charge on any atom is -0.395 e. The zero-order valence-corrected chi connectivity index (χ0v) is 21.1. The molecule has 0 spiro atoms. The van der Waals surface area contributed by atoms with Gasteiger partial charge in [-0.25, -0.2) is 4.79 Å². The quantitative estimate of drug-likeness (QED) is 0.423. The number of carbonyl (C=O) groups is 1. The first-order chi connectivity index (χ1) is 16.5. The van der Waals surface area contributed by atoms with Crippen molar-refractivity contribution in [2.45, 2.75) is 38.7 Å². The molecule has 0 saturated heterocycles. The molecule has 0 aliphatic heterocycles. The molecule has 0 heterocycles. The summed E-state index contributed by atoms with van der Waals surface area (Å²) in [5.41, 5.74) is 0.429. The number of urea groups is 1. The number of ether oxygens (including phenoxy) is 1. The monoisotopic (exact) mass is 515 g/mol. The van der Waals surface area contributed by atoms with Gasteiger partial charge in [0.15, 0.2) is 0 Å². The number of anilines is 1. The van der Waals surface area contributed by atoms with Gasteiger partial charge in [0.1, 0.15) is 0 Å². The third kappa shape index (κ3) is 8.68. The van der Waals surface area contributed by atoms with Gasteiger partial charge in [0.05, 0.1) is 18.3 Å². The van der Waals surface area contributed by atoms with Crippen molar-refractivity contribution in [2.75, 3.05) is 39.2 Å². The van der Waals surface area contributed by atoms with E-state index in [4.69, 9.17) is 16.3 Å². The zero-order valence-electron chi connectivity index (χ0n) is 20.3. The molecule has 2 amide bonds. The number of likely N-dealkylation sites (N-methyl/N-ethyl adjacent to an activating group) is 1. The summed E-state index contributed by atoms with van der Waals surface area (Å²) in [7, 11) is 3.16. The fourth-order valence-electron chi connectivity index (χ4n) is 3.65. The van der Waals surface area contributed by atoms with Crippen molar-refractivity contribution in [3.05, 3.63) is 64.7 Å². The van der Waals surface area contributed by atoms with Crippen LogP contribution >= 0.6 is 11.6 Å². The van der Waals surface area contributed by atoms with E-state index in [-0.39, 0.29) is 36.9 Å². The summed E-state index contributed by atoms with van der Waals surface area (Å²) >= 11 is 6.32. The fourth-order valence-corrected chi connectivity index (χ4v) is 3.85. The summed E-state index contributed by atoms with van der Waals surface area (Å²) in [5, 5.41) is 13.0. The molecule has 0 aliphatic carbocycles. The number of hydrogen-bond acceptors (Lipinski definition) is 4. The number of halogens is 4. The minimum absolute atomic E-state index is 0.0159. The van der Waals surface area contributed by atoms with Crippen molar-refractivity contribution in [3.8, 4) is 0 Å². The minimum atomic E-state index is -4.44. The molecule has 0 aromatic heterocycles. The smallest absolute Gasteiger partial charge is 0.395 e. The first kappa shape index (κ1) is 28.9. The van der Waals surface area contributed by atoms with Crippen molar-refractivity contribution in [1.29, 1.82) is 0 Å². The van der Waals surface area contributed by atoms with E-state index >= 15 is 0 Å². The van der Waals surface area contributed by atoms with Gasteiger partial charge in [-0.3, -0.25) is 4.90 Å². The summed E-state index contributed by atoms with van der Waals surface area (Å²) in [4.78, 5) is 16.1. The Balaban J connectivity index is 2.00. The van der Waals surface area contributed by atoms with Gasteiger partial charge in [-0.15, -0.1) is 0 Å². The molecule has 6 nitrogen and oxygen atoms in total. The number of alkyl halides is 3. The fraction of sp³-hybridized carbons (Fsp3) is 0.480. The van der Waals surface area contributed by atoms with E-state index in [1.54, 1.807) is 14.2 Å². The number of methoxy groups -OCH3 is 1. The lowest BCUT2D eigenvalue weighted by atomic mass is 10.0. The number of hydrogen-bond donors (Lipinski definition) is 2. The molecule has 0 unspecified atom stereocenters. The van der Waals surface area contributed by atoms with Crippen molar-refractivity contribution < 1.29 is 27.8 Å². The van der Waals surface area contributed by atoms with Crippen LogP contribution in [0.5, 0.6) is 0 Å². The van der Waals surface area contributed by atoms with Gasteiger partial charge < -0.3 is 20.1 Å². The Morgan fingerprint density at radius 2 is 1.74 bits per heavy atom. The van der Waals surface area contributed by atoms with Gasteiger partial charge >= 0.3 is 12.2 Å². The molecule has 0 aliphatic rings. The average molecular weight is 516 g/mol. The van der Waals surface area contributed by atoms with E-state index in [1.807, 2.05) is 38.1 Å². The maximum atomic E-state index is 12.7. The van der Waals surface area contributed by atoms with E-state index in [1.165, 1.54) is 17.0 Å². The maximum absolute atomic E-state index is 12.7. The van der Waals surface area contributed by atoms with Crippen LogP contribution < -0.4 is 5.32 Å². The molecule has 3 atom stereocenters. The van der Waals surface area contributed by atoms with E-state index in [0.717, 1.165) is 17.7 Å². The third-order valence-electron chi connectivity index (χ3n) is 5.94. The van der Waals surface area contributed by atoms with Crippen LogP contribution in [-0.4, -0.2) is 66.9 Å². The molecule has 2 rings (SSSR count). The number of rotatable bonds is 11. The van der Waals surface area contributed by atoms with Crippen molar-refractivity contribution >= 4 is 23.3 Å². The summed E-state index contributed by atoms with van der Waals surface area (Å²) in [6, 6.07) is 11.2. The average Bonchev–Trinajstić information content (AvgIpc) is 2.82. The van der Waals surface area contributed by atoms with Crippen LogP contribution in [0.15, 0.2) is 48.5 Å². The molecular weight excluding hydrogens is 483 g/mol. The molecule has 2 N–H and O–H groups in total. The maximum Gasteiger partial charge on any atom is 0.416 e. The van der Waals surface area contributed by atoms with E-state index in [2.05, 4.69) is 10.2 Å². The third-order valence-corrected chi connectivity index (χ3v) is 6.31. The van der Waals surface area contributed by atoms with Gasteiger partial charge in [-0.2, -0.15) is 13.2 Å². The Kier molecular flexibility index (Phi) is 10.8. The molecule has 0 saturated carbocycles. The second-order valence-corrected chi connectivity index (χ2v) is 9.10. The molecule has 2 aromatic rings. The van der Waals surface area contributed by atoms with Gasteiger partial charge in [-0.1, -0.05) is 36.7 Å². The topological polar surface area (TPSA) is 65.0 Å². The first-order valence-electron chi connectivity index (χ1n) is 11.3. The van der Waals surface area contributed by atoms with Gasteiger partial charge in [0.25, 0.3) is 0 Å². The highest BCUT2D eigenvalue weighted by Gasteiger charge is 2.30. The lowest BCUT2D eigenvalue weighted by molar-refractivity contribution is -0.137. The van der Waals surface area contributed by atoms with Crippen LogP contribution in [0, 0.1) is 5.92 Å². The molecule has 0 fully saturated rings. The molecule has 194 valence electrons. The number of benzene rings is 2. The molecule has 10 heteroatoms. The number of carbonyl (C=O) groups excluding carboxylic acids is 1. The van der Waals surface area contributed by atoms with Crippen LogP contribution in [0.25, 0.3) is 0 Å². The van der Waals surface area contributed by atoms with Crippen molar-refractivity contribution in [3.63, 3.8) is 0 Å². The molecule has 0 bridgehead atoms. The highest BCUT2D eigenvalue weighted by Crippen LogP contribution is 2.30. The predicted molar refractivity (Wildman–Crippen MR) is 131 cm³/mol. The summed E-state index contributed by atoms with van der Waals surface area (Å²) in [5.74, 6) is -0.0159.